The largest absolute Gasteiger partial charge is 0.265 e. The Kier molecular flexibility index (Phi) is 7.87. The minimum Gasteiger partial charge on any atom is -0.265 e. The summed E-state index contributed by atoms with van der Waals surface area (Å²) in [6, 6.07) is 55.2. The molecule has 0 aliphatic rings. The zero-order valence-electron chi connectivity index (χ0n) is 26.1. The molecule has 3 heterocycles. The van der Waals surface area contributed by atoms with Crippen molar-refractivity contribution in [3.63, 3.8) is 0 Å². The molecule has 0 bridgehead atoms. The minimum absolute atomic E-state index is 0.714. The summed E-state index contributed by atoms with van der Waals surface area (Å²) in [5.74, 6) is 0.714. The summed E-state index contributed by atoms with van der Waals surface area (Å²) >= 11 is 0. The van der Waals surface area contributed by atoms with E-state index in [1.54, 1.807) is 12.4 Å². The van der Waals surface area contributed by atoms with Gasteiger partial charge < -0.3 is 0 Å². The molecule has 4 heteroatoms. The number of pyridine rings is 2. The maximum absolute atomic E-state index is 5.12. The molecule has 0 N–H and O–H groups in total. The molecule has 226 valence electrons. The maximum Gasteiger partial charge on any atom is 0.159 e. The van der Waals surface area contributed by atoms with Gasteiger partial charge in [-0.1, -0.05) is 109 Å². The number of hydrogen-bond donors (Lipinski definition) is 0. The van der Waals surface area contributed by atoms with Gasteiger partial charge in [0, 0.05) is 41.5 Å². The molecule has 8 aromatic rings. The lowest BCUT2D eigenvalue weighted by molar-refractivity contribution is 1.18. The molecule has 0 radical (unpaired) electrons. The molecule has 0 aliphatic carbocycles. The average molecular weight is 615 g/mol. The highest BCUT2D eigenvalue weighted by molar-refractivity contribution is 5.85. The molecule has 5 aromatic carbocycles. The molecule has 0 fully saturated rings. The van der Waals surface area contributed by atoms with Crippen molar-refractivity contribution in [1.82, 2.24) is 19.9 Å². The van der Waals surface area contributed by atoms with E-state index in [2.05, 4.69) is 142 Å². The molecule has 8 rings (SSSR count). The number of rotatable bonds is 7. The summed E-state index contributed by atoms with van der Waals surface area (Å²) in [5, 5.41) is 0. The number of nitrogens with zero attached hydrogens (tertiary/aromatic N) is 4. The zero-order valence-corrected chi connectivity index (χ0v) is 26.1. The van der Waals surface area contributed by atoms with Gasteiger partial charge in [-0.05, 0) is 93.0 Å². The highest BCUT2D eigenvalue weighted by atomic mass is 14.8. The second-order valence-electron chi connectivity index (χ2n) is 11.6. The highest BCUT2D eigenvalue weighted by Crippen LogP contribution is 2.37. The summed E-state index contributed by atoms with van der Waals surface area (Å²) in [5.41, 5.74) is 14.1. The van der Waals surface area contributed by atoms with Gasteiger partial charge in [0.2, 0.25) is 0 Å². The van der Waals surface area contributed by atoms with Crippen LogP contribution in [0.5, 0.6) is 0 Å². The van der Waals surface area contributed by atoms with Gasteiger partial charge in [-0.25, -0.2) is 15.0 Å². The molecule has 0 aliphatic heterocycles. The van der Waals surface area contributed by atoms with Crippen LogP contribution >= 0.6 is 0 Å². The molecular formula is C44H30N4. The van der Waals surface area contributed by atoms with Crippen molar-refractivity contribution < 1.29 is 0 Å². The zero-order chi connectivity index (χ0) is 32.1. The smallest absolute Gasteiger partial charge is 0.159 e. The standard InChI is InChI=1S/C44H30N4/c1-3-8-35(9-4-1)42-29-41(30-43(48-42)36-10-5-2-6-11-36)40-27-38(32-14-12-31(13-15-32)34-20-24-45-25-21-34)26-39(28-40)33-16-18-37(19-17-33)44-46-22-7-23-47-44/h1-30H. The summed E-state index contributed by atoms with van der Waals surface area (Å²) in [4.78, 5) is 18.2. The van der Waals surface area contributed by atoms with E-state index in [1.165, 1.54) is 0 Å². The Balaban J connectivity index is 1.28. The predicted octanol–water partition coefficient (Wildman–Crippen LogP) is 10.9. The van der Waals surface area contributed by atoms with E-state index in [0.717, 1.165) is 72.6 Å². The van der Waals surface area contributed by atoms with Gasteiger partial charge in [0.05, 0.1) is 11.4 Å². The second kappa shape index (κ2) is 13.1. The van der Waals surface area contributed by atoms with Crippen molar-refractivity contribution in [3.05, 3.63) is 183 Å². The van der Waals surface area contributed by atoms with Crippen LogP contribution in [0.2, 0.25) is 0 Å². The van der Waals surface area contributed by atoms with Gasteiger partial charge in [0.25, 0.3) is 0 Å². The van der Waals surface area contributed by atoms with Crippen LogP contribution in [0.3, 0.4) is 0 Å². The molecule has 0 spiro atoms. The predicted molar refractivity (Wildman–Crippen MR) is 196 cm³/mol. The SMILES string of the molecule is c1ccc(-c2cc(-c3cc(-c4ccc(-c5ccncc5)cc4)cc(-c4ccc(-c5ncccn5)cc4)c3)cc(-c3ccccc3)n2)cc1. The molecule has 48 heavy (non-hydrogen) atoms. The van der Waals surface area contributed by atoms with Gasteiger partial charge in [0.1, 0.15) is 0 Å². The molecular weight excluding hydrogens is 585 g/mol. The first-order valence-corrected chi connectivity index (χ1v) is 15.9. The third kappa shape index (κ3) is 6.15. The van der Waals surface area contributed by atoms with Crippen molar-refractivity contribution >= 4 is 0 Å². The molecule has 0 saturated carbocycles. The van der Waals surface area contributed by atoms with Crippen LogP contribution in [0.25, 0.3) is 78.4 Å². The van der Waals surface area contributed by atoms with Gasteiger partial charge in [-0.15, -0.1) is 0 Å². The second-order valence-corrected chi connectivity index (χ2v) is 11.6. The summed E-state index contributed by atoms with van der Waals surface area (Å²) < 4.78 is 0. The first-order chi connectivity index (χ1) is 23.8. The maximum atomic E-state index is 5.12. The van der Waals surface area contributed by atoms with Crippen molar-refractivity contribution in [3.8, 4) is 78.4 Å². The normalized spacial score (nSPS) is 10.9. The lowest BCUT2D eigenvalue weighted by atomic mass is 9.91. The van der Waals surface area contributed by atoms with Crippen molar-refractivity contribution in [2.75, 3.05) is 0 Å². The van der Waals surface area contributed by atoms with Crippen LogP contribution in [0.15, 0.2) is 183 Å². The molecule has 4 nitrogen and oxygen atoms in total. The Morgan fingerprint density at radius 2 is 0.667 bits per heavy atom. The summed E-state index contributed by atoms with van der Waals surface area (Å²) in [7, 11) is 0. The Labute approximate surface area is 280 Å². The van der Waals surface area contributed by atoms with E-state index in [9.17, 15) is 0 Å². The van der Waals surface area contributed by atoms with E-state index >= 15 is 0 Å². The van der Waals surface area contributed by atoms with E-state index in [-0.39, 0.29) is 0 Å². The lowest BCUT2D eigenvalue weighted by Gasteiger charge is -2.14. The Morgan fingerprint density at radius 3 is 1.17 bits per heavy atom. The van der Waals surface area contributed by atoms with Gasteiger partial charge in [-0.3, -0.25) is 4.98 Å². The van der Waals surface area contributed by atoms with E-state index in [0.29, 0.717) is 5.82 Å². The van der Waals surface area contributed by atoms with E-state index in [4.69, 9.17) is 4.98 Å². The van der Waals surface area contributed by atoms with Crippen LogP contribution in [-0.2, 0) is 0 Å². The summed E-state index contributed by atoms with van der Waals surface area (Å²) in [6.45, 7) is 0. The monoisotopic (exact) mass is 614 g/mol. The Bertz CT molecular complexity index is 2130. The number of benzene rings is 5. The topological polar surface area (TPSA) is 51.6 Å². The van der Waals surface area contributed by atoms with Crippen LogP contribution in [0.1, 0.15) is 0 Å². The minimum atomic E-state index is 0.714. The third-order valence-corrected chi connectivity index (χ3v) is 8.50. The molecule has 0 amide bonds. The molecule has 0 saturated heterocycles. The van der Waals surface area contributed by atoms with Crippen molar-refractivity contribution in [2.45, 2.75) is 0 Å². The quantitative estimate of drug-likeness (QED) is 0.179. The highest BCUT2D eigenvalue weighted by Gasteiger charge is 2.13. The van der Waals surface area contributed by atoms with Crippen LogP contribution < -0.4 is 0 Å². The van der Waals surface area contributed by atoms with Gasteiger partial charge in [-0.2, -0.15) is 0 Å². The van der Waals surface area contributed by atoms with Gasteiger partial charge >= 0.3 is 0 Å². The lowest BCUT2D eigenvalue weighted by Crippen LogP contribution is -1.92. The molecule has 3 aromatic heterocycles. The van der Waals surface area contributed by atoms with Gasteiger partial charge in [0.15, 0.2) is 5.82 Å². The fourth-order valence-corrected chi connectivity index (χ4v) is 6.00. The molecule has 0 unspecified atom stereocenters. The van der Waals surface area contributed by atoms with Crippen molar-refractivity contribution in [2.24, 2.45) is 0 Å². The number of hydrogen-bond acceptors (Lipinski definition) is 4. The average Bonchev–Trinajstić information content (AvgIpc) is 3.19. The fourth-order valence-electron chi connectivity index (χ4n) is 6.00. The summed E-state index contributed by atoms with van der Waals surface area (Å²) in [6.07, 6.45) is 7.20. The van der Waals surface area contributed by atoms with E-state index in [1.807, 2.05) is 42.7 Å². The first-order valence-electron chi connectivity index (χ1n) is 15.9. The third-order valence-electron chi connectivity index (χ3n) is 8.50. The van der Waals surface area contributed by atoms with E-state index < -0.39 is 0 Å². The fraction of sp³-hybridized carbons (Fsp3) is 0. The van der Waals surface area contributed by atoms with Crippen LogP contribution in [0, 0.1) is 0 Å². The number of aromatic nitrogens is 4. The Morgan fingerprint density at radius 1 is 0.271 bits per heavy atom. The first kappa shape index (κ1) is 28.9. The molecule has 0 atom stereocenters. The van der Waals surface area contributed by atoms with Crippen molar-refractivity contribution in [1.29, 1.82) is 0 Å². The van der Waals surface area contributed by atoms with Crippen LogP contribution in [0.4, 0.5) is 0 Å². The van der Waals surface area contributed by atoms with Crippen LogP contribution in [-0.4, -0.2) is 19.9 Å². The Hall–Kier alpha value is -6.52.